The fourth-order valence-electron chi connectivity index (χ4n) is 1.32. The van der Waals surface area contributed by atoms with E-state index in [4.69, 9.17) is 10.5 Å². The summed E-state index contributed by atoms with van der Waals surface area (Å²) in [4.78, 5) is 22.2. The van der Waals surface area contributed by atoms with Crippen LogP contribution in [0.3, 0.4) is 0 Å². The number of amides is 2. The zero-order valence-corrected chi connectivity index (χ0v) is 11.1. The van der Waals surface area contributed by atoms with Crippen LogP contribution in [0.25, 0.3) is 0 Å². The minimum atomic E-state index is -0.546. The third-order valence-corrected chi connectivity index (χ3v) is 2.17. The van der Waals surface area contributed by atoms with E-state index in [2.05, 4.69) is 10.6 Å². The molecule has 6 heteroatoms. The van der Waals surface area contributed by atoms with Gasteiger partial charge in [-0.05, 0) is 12.1 Å². The van der Waals surface area contributed by atoms with Gasteiger partial charge in [-0.15, -0.1) is 0 Å². The van der Waals surface area contributed by atoms with Crippen molar-refractivity contribution in [3.05, 3.63) is 24.3 Å². The summed E-state index contributed by atoms with van der Waals surface area (Å²) in [5, 5.41) is 5.74. The lowest BCUT2D eigenvalue weighted by atomic mass is 10.3. The third kappa shape index (κ3) is 6.42. The third-order valence-electron chi connectivity index (χ3n) is 2.17. The monoisotopic (exact) mass is 265 g/mol. The number of nitrogens with two attached hydrogens (primary N) is 1. The molecule has 1 aromatic rings. The maximum Gasteiger partial charge on any atom is 0.255 e. The van der Waals surface area contributed by atoms with Gasteiger partial charge < -0.3 is 21.1 Å². The minimum Gasteiger partial charge on any atom is -0.484 e. The molecule has 0 unspecified atom stereocenters. The summed E-state index contributed by atoms with van der Waals surface area (Å²) in [6, 6.07) is 7.03. The summed E-state index contributed by atoms with van der Waals surface area (Å²) in [5.41, 5.74) is 5.59. The molecule has 0 saturated heterocycles. The van der Waals surface area contributed by atoms with Crippen LogP contribution in [0.1, 0.15) is 13.8 Å². The highest BCUT2D eigenvalue weighted by molar-refractivity contribution is 5.92. The van der Waals surface area contributed by atoms with Crippen molar-refractivity contribution >= 4 is 17.5 Å². The van der Waals surface area contributed by atoms with Crippen molar-refractivity contribution in [2.45, 2.75) is 19.9 Å². The standard InChI is InChI=1S/C13H19N3O3/c1-9(2)15-7-13(18)16-10-4-3-5-11(6-10)19-8-12(14)17/h3-6,9,15H,7-8H2,1-2H3,(H2,14,17)(H,16,18). The highest BCUT2D eigenvalue weighted by Crippen LogP contribution is 2.17. The van der Waals surface area contributed by atoms with Crippen molar-refractivity contribution in [2.24, 2.45) is 5.73 Å². The first-order valence-corrected chi connectivity index (χ1v) is 6.02. The van der Waals surface area contributed by atoms with Crippen LogP contribution in [-0.2, 0) is 9.59 Å². The highest BCUT2D eigenvalue weighted by atomic mass is 16.5. The Labute approximate surface area is 112 Å². The number of carbonyl (C=O) groups excluding carboxylic acids is 2. The molecule has 4 N–H and O–H groups in total. The van der Waals surface area contributed by atoms with E-state index in [1.54, 1.807) is 24.3 Å². The lowest BCUT2D eigenvalue weighted by Crippen LogP contribution is -2.32. The van der Waals surface area contributed by atoms with E-state index in [1.807, 2.05) is 13.8 Å². The zero-order chi connectivity index (χ0) is 14.3. The van der Waals surface area contributed by atoms with Crippen LogP contribution in [0.2, 0.25) is 0 Å². The number of carbonyl (C=O) groups is 2. The molecule has 0 aliphatic heterocycles. The SMILES string of the molecule is CC(C)NCC(=O)Nc1cccc(OCC(N)=O)c1. The van der Waals surface area contributed by atoms with E-state index in [9.17, 15) is 9.59 Å². The smallest absolute Gasteiger partial charge is 0.255 e. The molecule has 0 radical (unpaired) electrons. The van der Waals surface area contributed by atoms with Gasteiger partial charge >= 0.3 is 0 Å². The molecule has 0 atom stereocenters. The fourth-order valence-corrected chi connectivity index (χ4v) is 1.32. The second-order valence-corrected chi connectivity index (χ2v) is 4.37. The van der Waals surface area contributed by atoms with Crippen molar-refractivity contribution in [1.82, 2.24) is 5.32 Å². The number of ether oxygens (including phenoxy) is 1. The van der Waals surface area contributed by atoms with Gasteiger partial charge in [0.05, 0.1) is 6.54 Å². The summed E-state index contributed by atoms with van der Waals surface area (Å²) in [5.74, 6) is -0.204. The van der Waals surface area contributed by atoms with Crippen molar-refractivity contribution in [3.8, 4) is 5.75 Å². The molecule has 104 valence electrons. The molecule has 0 aromatic heterocycles. The second-order valence-electron chi connectivity index (χ2n) is 4.37. The molecule has 6 nitrogen and oxygen atoms in total. The molecular weight excluding hydrogens is 246 g/mol. The van der Waals surface area contributed by atoms with Crippen LogP contribution in [-0.4, -0.2) is 31.0 Å². The zero-order valence-electron chi connectivity index (χ0n) is 11.1. The Morgan fingerprint density at radius 2 is 2.11 bits per heavy atom. The van der Waals surface area contributed by atoms with Gasteiger partial charge in [-0.1, -0.05) is 19.9 Å². The summed E-state index contributed by atoms with van der Waals surface area (Å²) >= 11 is 0. The minimum absolute atomic E-state index is 0.138. The lowest BCUT2D eigenvalue weighted by molar-refractivity contribution is -0.120. The van der Waals surface area contributed by atoms with Gasteiger partial charge in [0.15, 0.2) is 6.61 Å². The van der Waals surface area contributed by atoms with E-state index in [0.717, 1.165) is 0 Å². The Kier molecular flexibility index (Phi) is 5.81. The Morgan fingerprint density at radius 1 is 1.37 bits per heavy atom. The van der Waals surface area contributed by atoms with Gasteiger partial charge in [0.1, 0.15) is 5.75 Å². The van der Waals surface area contributed by atoms with Gasteiger partial charge in [0, 0.05) is 17.8 Å². The number of anilines is 1. The first-order chi connectivity index (χ1) is 8.97. The quantitative estimate of drug-likeness (QED) is 0.668. The maximum atomic E-state index is 11.6. The van der Waals surface area contributed by atoms with E-state index in [0.29, 0.717) is 11.4 Å². The normalized spacial score (nSPS) is 10.3. The summed E-state index contributed by atoms with van der Waals surface area (Å²) < 4.78 is 5.15. The van der Waals surface area contributed by atoms with E-state index < -0.39 is 5.91 Å². The molecule has 0 fully saturated rings. The maximum absolute atomic E-state index is 11.6. The van der Waals surface area contributed by atoms with Crippen LogP contribution < -0.4 is 21.1 Å². The van der Waals surface area contributed by atoms with E-state index in [1.165, 1.54) is 0 Å². The number of hydrogen-bond acceptors (Lipinski definition) is 4. The van der Waals surface area contributed by atoms with Crippen molar-refractivity contribution < 1.29 is 14.3 Å². The average molecular weight is 265 g/mol. The Morgan fingerprint density at radius 3 is 2.74 bits per heavy atom. The van der Waals surface area contributed by atoms with Crippen LogP contribution in [0.15, 0.2) is 24.3 Å². The van der Waals surface area contributed by atoms with Crippen molar-refractivity contribution in [2.75, 3.05) is 18.5 Å². The molecule has 1 aromatic carbocycles. The molecule has 0 heterocycles. The Hall–Kier alpha value is -2.08. The summed E-state index contributed by atoms with van der Waals surface area (Å²) in [6.45, 7) is 3.98. The van der Waals surface area contributed by atoms with Crippen molar-refractivity contribution in [3.63, 3.8) is 0 Å². The highest BCUT2D eigenvalue weighted by Gasteiger charge is 2.04. The molecule has 1 rings (SSSR count). The predicted molar refractivity (Wildman–Crippen MR) is 72.9 cm³/mol. The molecule has 0 saturated carbocycles. The molecule has 19 heavy (non-hydrogen) atoms. The Bertz CT molecular complexity index is 447. The van der Waals surface area contributed by atoms with Crippen LogP contribution >= 0.6 is 0 Å². The number of rotatable bonds is 7. The van der Waals surface area contributed by atoms with Gasteiger partial charge in [0.25, 0.3) is 5.91 Å². The number of primary amides is 1. The van der Waals surface area contributed by atoms with Crippen LogP contribution in [0.4, 0.5) is 5.69 Å². The van der Waals surface area contributed by atoms with E-state index >= 15 is 0 Å². The first kappa shape index (κ1) is 15.0. The summed E-state index contributed by atoms with van der Waals surface area (Å²) in [7, 11) is 0. The predicted octanol–water partition coefficient (Wildman–Crippen LogP) is 0.487. The van der Waals surface area contributed by atoms with Crippen LogP contribution in [0, 0.1) is 0 Å². The average Bonchev–Trinajstić information content (AvgIpc) is 2.34. The molecule has 0 spiro atoms. The van der Waals surface area contributed by atoms with Gasteiger partial charge in [-0.3, -0.25) is 9.59 Å². The van der Waals surface area contributed by atoms with Crippen molar-refractivity contribution in [1.29, 1.82) is 0 Å². The van der Waals surface area contributed by atoms with E-state index in [-0.39, 0.29) is 25.1 Å². The van der Waals surface area contributed by atoms with Gasteiger partial charge in [-0.25, -0.2) is 0 Å². The molecule has 2 amide bonds. The number of hydrogen-bond donors (Lipinski definition) is 3. The van der Waals surface area contributed by atoms with Crippen LogP contribution in [0.5, 0.6) is 5.75 Å². The number of benzene rings is 1. The lowest BCUT2D eigenvalue weighted by Gasteiger charge is -2.10. The number of nitrogens with one attached hydrogen (secondary N) is 2. The second kappa shape index (κ2) is 7.38. The molecular formula is C13H19N3O3. The Balaban J connectivity index is 2.51. The first-order valence-electron chi connectivity index (χ1n) is 6.02. The molecule has 0 bridgehead atoms. The topological polar surface area (TPSA) is 93.4 Å². The molecule has 0 aliphatic carbocycles. The largest absolute Gasteiger partial charge is 0.484 e. The summed E-state index contributed by atoms with van der Waals surface area (Å²) in [6.07, 6.45) is 0. The molecule has 0 aliphatic rings. The van der Waals surface area contributed by atoms with Gasteiger partial charge in [0.2, 0.25) is 5.91 Å². The van der Waals surface area contributed by atoms with Gasteiger partial charge in [-0.2, -0.15) is 0 Å². The fraction of sp³-hybridized carbons (Fsp3) is 0.385.